The smallest absolute Gasteiger partial charge is 0.160 e. The van der Waals surface area contributed by atoms with Gasteiger partial charge in [0.2, 0.25) is 0 Å². The van der Waals surface area contributed by atoms with E-state index in [1.165, 1.54) is 11.1 Å². The Labute approximate surface area is 395 Å². The lowest BCUT2D eigenvalue weighted by Crippen LogP contribution is -1.96. The van der Waals surface area contributed by atoms with Gasteiger partial charge < -0.3 is 0 Å². The van der Waals surface area contributed by atoms with E-state index in [0.717, 1.165) is 106 Å². The van der Waals surface area contributed by atoms with Gasteiger partial charge in [-0.2, -0.15) is 0 Å². The summed E-state index contributed by atoms with van der Waals surface area (Å²) >= 11 is 0. The molecule has 0 radical (unpaired) electrons. The van der Waals surface area contributed by atoms with E-state index < -0.39 is 0 Å². The highest BCUT2D eigenvalue weighted by Gasteiger charge is 2.16. The minimum atomic E-state index is 0.682. The molecule has 0 atom stereocenters. The van der Waals surface area contributed by atoms with Crippen molar-refractivity contribution in [2.24, 2.45) is 0 Å². The van der Waals surface area contributed by atoms with Crippen molar-refractivity contribution in [3.63, 3.8) is 0 Å². The van der Waals surface area contributed by atoms with E-state index in [9.17, 15) is 0 Å². The van der Waals surface area contributed by atoms with E-state index in [4.69, 9.17) is 19.9 Å². The van der Waals surface area contributed by atoms with Crippen LogP contribution < -0.4 is 0 Å². The van der Waals surface area contributed by atoms with Gasteiger partial charge in [-0.15, -0.1) is 0 Å². The number of hydrogen-bond acceptors (Lipinski definition) is 4. The molecule has 0 spiro atoms. The van der Waals surface area contributed by atoms with Gasteiger partial charge in [0.1, 0.15) is 0 Å². The zero-order chi connectivity index (χ0) is 45.2. The number of aromatic nitrogens is 4. The molecule has 12 rings (SSSR count). The van der Waals surface area contributed by atoms with Crippen LogP contribution in [-0.2, 0) is 0 Å². The Balaban J connectivity index is 0.887. The van der Waals surface area contributed by atoms with Crippen molar-refractivity contribution in [1.82, 2.24) is 19.9 Å². The van der Waals surface area contributed by atoms with Gasteiger partial charge in [0, 0.05) is 38.6 Å². The number of benzene rings is 9. The maximum absolute atomic E-state index is 5.30. The number of pyridine rings is 2. The van der Waals surface area contributed by atoms with Crippen LogP contribution in [0.2, 0.25) is 0 Å². The first-order valence-corrected chi connectivity index (χ1v) is 22.9. The Bertz CT molecular complexity index is 3740. The first-order valence-electron chi connectivity index (χ1n) is 22.9. The van der Waals surface area contributed by atoms with Crippen molar-refractivity contribution in [2.45, 2.75) is 0 Å². The minimum Gasteiger partial charge on any atom is -0.245 e. The summed E-state index contributed by atoms with van der Waals surface area (Å²) in [4.78, 5) is 20.9. The van der Waals surface area contributed by atoms with Crippen LogP contribution in [0.4, 0.5) is 0 Å². The van der Waals surface area contributed by atoms with Gasteiger partial charge in [0.15, 0.2) is 5.82 Å². The van der Waals surface area contributed by atoms with E-state index in [0.29, 0.717) is 5.82 Å². The largest absolute Gasteiger partial charge is 0.245 e. The lowest BCUT2D eigenvalue weighted by atomic mass is 9.94. The summed E-state index contributed by atoms with van der Waals surface area (Å²) < 4.78 is 0. The Morgan fingerprint density at radius 2 is 0.588 bits per heavy atom. The molecule has 0 fully saturated rings. The summed E-state index contributed by atoms with van der Waals surface area (Å²) in [5, 5.41) is 2.13. The van der Waals surface area contributed by atoms with Crippen LogP contribution in [0.3, 0.4) is 0 Å². The van der Waals surface area contributed by atoms with Gasteiger partial charge in [0.25, 0.3) is 0 Å². The molecule has 318 valence electrons. The van der Waals surface area contributed by atoms with Crippen molar-refractivity contribution < 1.29 is 0 Å². The number of nitrogens with zero attached hydrogens (tertiary/aromatic N) is 4. The standard InChI is InChI=1S/C64H42N4/c1-5-15-43(16-6-1)44-29-33-50(34-30-44)61-42-60(49-21-11-4-12-22-49)67-64(68-61)55-26-14-25-54(40-55)53-24-13-23-52(39-53)45-27-31-46(32-28-45)57-41-59(48-19-9-3-10-20-48)66-63-56(57)37-35-51-36-38-58(65-62(51)63)47-17-7-2-8-18-47/h1-42H. The lowest BCUT2D eigenvalue weighted by molar-refractivity contribution is 1.18. The molecular formula is C64H42N4. The first kappa shape index (κ1) is 40.4. The molecule has 12 aromatic rings. The Hall–Kier alpha value is -9.12. The molecule has 3 aromatic heterocycles. The summed E-state index contributed by atoms with van der Waals surface area (Å²) in [6.45, 7) is 0. The highest BCUT2D eigenvalue weighted by Crippen LogP contribution is 2.38. The van der Waals surface area contributed by atoms with Crippen molar-refractivity contribution in [2.75, 3.05) is 0 Å². The van der Waals surface area contributed by atoms with Crippen LogP contribution in [0.15, 0.2) is 255 Å². The van der Waals surface area contributed by atoms with Crippen LogP contribution >= 0.6 is 0 Å². The second kappa shape index (κ2) is 17.7. The minimum absolute atomic E-state index is 0.682. The molecular weight excluding hydrogens is 825 g/mol. The summed E-state index contributed by atoms with van der Waals surface area (Å²) in [6.07, 6.45) is 0. The molecule has 0 saturated heterocycles. The molecule has 0 saturated carbocycles. The molecule has 0 aliphatic heterocycles. The fraction of sp³-hybridized carbons (Fsp3) is 0. The van der Waals surface area contributed by atoms with Crippen LogP contribution in [-0.4, -0.2) is 19.9 Å². The van der Waals surface area contributed by atoms with E-state index in [1.807, 2.05) is 24.3 Å². The predicted molar refractivity (Wildman–Crippen MR) is 282 cm³/mol. The normalized spacial score (nSPS) is 11.2. The molecule has 0 bridgehead atoms. The summed E-state index contributed by atoms with van der Waals surface area (Å²) in [7, 11) is 0. The molecule has 68 heavy (non-hydrogen) atoms. The number of rotatable bonds is 9. The molecule has 0 N–H and O–H groups in total. The maximum atomic E-state index is 5.30. The third kappa shape index (κ3) is 8.01. The number of hydrogen-bond donors (Lipinski definition) is 0. The third-order valence-corrected chi connectivity index (χ3v) is 12.7. The highest BCUT2D eigenvalue weighted by molar-refractivity contribution is 6.09. The average Bonchev–Trinajstić information content (AvgIpc) is 3.43. The second-order valence-corrected chi connectivity index (χ2v) is 17.0. The topological polar surface area (TPSA) is 51.6 Å². The molecule has 0 amide bonds. The Morgan fingerprint density at radius 3 is 1.18 bits per heavy atom. The summed E-state index contributed by atoms with van der Waals surface area (Å²) in [6, 6.07) is 89.4. The molecule has 0 aliphatic carbocycles. The summed E-state index contributed by atoms with van der Waals surface area (Å²) in [5.74, 6) is 0.682. The quantitative estimate of drug-likeness (QED) is 0.136. The lowest BCUT2D eigenvalue weighted by Gasteiger charge is -2.14. The van der Waals surface area contributed by atoms with E-state index >= 15 is 0 Å². The zero-order valence-electron chi connectivity index (χ0n) is 37.0. The highest BCUT2D eigenvalue weighted by atomic mass is 14.9. The molecule has 4 heteroatoms. The van der Waals surface area contributed by atoms with Gasteiger partial charge in [0.05, 0.1) is 33.8 Å². The van der Waals surface area contributed by atoms with E-state index in [1.54, 1.807) is 0 Å². The van der Waals surface area contributed by atoms with Gasteiger partial charge in [-0.25, -0.2) is 19.9 Å². The fourth-order valence-corrected chi connectivity index (χ4v) is 9.14. The predicted octanol–water partition coefficient (Wildman–Crippen LogP) is 16.6. The SMILES string of the molecule is c1ccc(-c2ccc(-c3cc(-c4ccccc4)nc(-c4cccc(-c5cccc(-c6ccc(-c7cc(-c8ccccc8)nc8c7ccc7ccc(-c9ccccc9)nc78)cc6)c5)c4)n3)cc2)cc1. The van der Waals surface area contributed by atoms with Crippen molar-refractivity contribution >= 4 is 21.8 Å². The number of fused-ring (bicyclic) bond motifs is 3. The summed E-state index contributed by atoms with van der Waals surface area (Å²) in [5.41, 5.74) is 19.6. The van der Waals surface area contributed by atoms with Crippen LogP contribution in [0.25, 0.3) is 123 Å². The monoisotopic (exact) mass is 866 g/mol. The molecule has 0 aliphatic rings. The molecule has 9 aromatic carbocycles. The maximum Gasteiger partial charge on any atom is 0.160 e. The van der Waals surface area contributed by atoms with Gasteiger partial charge in [-0.1, -0.05) is 224 Å². The molecule has 4 nitrogen and oxygen atoms in total. The zero-order valence-corrected chi connectivity index (χ0v) is 37.0. The van der Waals surface area contributed by atoms with E-state index in [2.05, 4.69) is 231 Å². The Kier molecular flexibility index (Phi) is 10.5. The van der Waals surface area contributed by atoms with Gasteiger partial charge in [-0.05, 0) is 74.8 Å². The second-order valence-electron chi connectivity index (χ2n) is 17.0. The van der Waals surface area contributed by atoms with Crippen LogP contribution in [0, 0.1) is 0 Å². The fourth-order valence-electron chi connectivity index (χ4n) is 9.14. The Morgan fingerprint density at radius 1 is 0.206 bits per heavy atom. The average molecular weight is 867 g/mol. The van der Waals surface area contributed by atoms with Gasteiger partial charge >= 0.3 is 0 Å². The van der Waals surface area contributed by atoms with Crippen molar-refractivity contribution in [3.05, 3.63) is 255 Å². The van der Waals surface area contributed by atoms with Gasteiger partial charge in [-0.3, -0.25) is 0 Å². The van der Waals surface area contributed by atoms with E-state index in [-0.39, 0.29) is 0 Å². The van der Waals surface area contributed by atoms with Crippen molar-refractivity contribution in [1.29, 1.82) is 0 Å². The van der Waals surface area contributed by atoms with Crippen LogP contribution in [0.1, 0.15) is 0 Å². The van der Waals surface area contributed by atoms with Crippen molar-refractivity contribution in [3.8, 4) is 101 Å². The molecule has 0 unspecified atom stereocenters. The third-order valence-electron chi connectivity index (χ3n) is 12.7. The molecule has 3 heterocycles. The first-order chi connectivity index (χ1) is 33.7. The van der Waals surface area contributed by atoms with Crippen LogP contribution in [0.5, 0.6) is 0 Å².